The molecule has 0 saturated carbocycles. The van der Waals surface area contributed by atoms with Gasteiger partial charge in [0.05, 0.1) is 107 Å². The SMILES string of the molecule is COc1cc(OC)c(-c2cc(CN(CC(=O)O)CC(=O)O)nc(CN(CCCCCCNC(=O)CI)Cc3cc(-c4c(OC)cc(OC)cc4OC)cc(CN(CC(=O)O)CC(=O)O)n3)c2)c(OC)c1. The van der Waals surface area contributed by atoms with E-state index in [-0.39, 0.29) is 32.1 Å². The topological polar surface area (TPSA) is 269 Å². The van der Waals surface area contributed by atoms with E-state index in [9.17, 15) is 44.4 Å². The molecule has 4 aromatic rings. The highest BCUT2D eigenvalue weighted by Crippen LogP contribution is 2.44. The van der Waals surface area contributed by atoms with E-state index in [1.807, 2.05) is 34.7 Å². The van der Waals surface area contributed by atoms with Crippen LogP contribution in [0.15, 0.2) is 48.5 Å². The molecule has 0 radical (unpaired) electrons. The summed E-state index contributed by atoms with van der Waals surface area (Å²) in [6, 6.07) is 13.9. The Morgan fingerprint density at radius 3 is 1.11 bits per heavy atom. The average Bonchev–Trinajstić information content (AvgIpc) is 3.31. The molecule has 22 heteroatoms. The predicted molar refractivity (Wildman–Crippen MR) is 264 cm³/mol. The van der Waals surface area contributed by atoms with Crippen molar-refractivity contribution in [3.63, 3.8) is 0 Å². The summed E-state index contributed by atoms with van der Waals surface area (Å²) < 4.78 is 34.6. The fourth-order valence-corrected chi connectivity index (χ4v) is 8.08. The highest BCUT2D eigenvalue weighted by Gasteiger charge is 2.24. The molecule has 0 atom stereocenters. The van der Waals surface area contributed by atoms with Gasteiger partial charge in [0.15, 0.2) is 0 Å². The molecular weight excluding hydrogens is 1030 g/mol. The number of rotatable bonds is 32. The van der Waals surface area contributed by atoms with Crippen LogP contribution in [0.3, 0.4) is 0 Å². The summed E-state index contributed by atoms with van der Waals surface area (Å²) >= 11 is 2.01. The number of hydrogen-bond donors (Lipinski definition) is 5. The second-order valence-electron chi connectivity index (χ2n) is 16.0. The van der Waals surface area contributed by atoms with Gasteiger partial charge in [-0.25, -0.2) is 0 Å². The minimum atomic E-state index is -1.22. The second-order valence-corrected chi connectivity index (χ2v) is 16.7. The first-order chi connectivity index (χ1) is 33.5. The molecule has 380 valence electrons. The second kappa shape index (κ2) is 28.2. The number of hydrogen-bond acceptors (Lipinski definition) is 16. The van der Waals surface area contributed by atoms with Crippen LogP contribution in [0.5, 0.6) is 34.5 Å². The third-order valence-corrected chi connectivity index (χ3v) is 11.4. The third-order valence-electron chi connectivity index (χ3n) is 10.7. The molecule has 0 bridgehead atoms. The van der Waals surface area contributed by atoms with Crippen LogP contribution < -0.4 is 33.7 Å². The van der Waals surface area contributed by atoms with Gasteiger partial charge < -0.3 is 54.2 Å². The molecule has 2 aromatic carbocycles. The largest absolute Gasteiger partial charge is 0.496 e. The predicted octanol–water partition coefficient (Wildman–Crippen LogP) is 4.92. The maximum atomic E-state index is 11.9. The number of halogens is 1. The number of aliphatic carboxylic acids is 4. The molecule has 2 aromatic heterocycles. The van der Waals surface area contributed by atoms with Crippen molar-refractivity contribution in [2.45, 2.75) is 51.9 Å². The molecule has 21 nitrogen and oxygen atoms in total. The molecule has 70 heavy (non-hydrogen) atoms. The van der Waals surface area contributed by atoms with E-state index in [2.05, 4.69) is 10.2 Å². The van der Waals surface area contributed by atoms with Gasteiger partial charge in [-0.2, -0.15) is 0 Å². The van der Waals surface area contributed by atoms with E-state index in [4.69, 9.17) is 38.4 Å². The molecule has 4 rings (SSSR count). The van der Waals surface area contributed by atoms with Crippen molar-refractivity contribution in [3.05, 3.63) is 71.3 Å². The van der Waals surface area contributed by atoms with Gasteiger partial charge in [-0.05, 0) is 54.8 Å². The number of benzene rings is 2. The zero-order valence-corrected chi connectivity index (χ0v) is 42.3. The van der Waals surface area contributed by atoms with Crippen LogP contribution >= 0.6 is 22.6 Å². The molecule has 0 spiro atoms. The van der Waals surface area contributed by atoms with Crippen molar-refractivity contribution < 1.29 is 72.8 Å². The van der Waals surface area contributed by atoms with Crippen molar-refractivity contribution >= 4 is 52.4 Å². The van der Waals surface area contributed by atoms with Crippen molar-refractivity contribution in [1.82, 2.24) is 30.0 Å². The highest BCUT2D eigenvalue weighted by atomic mass is 127. The minimum absolute atomic E-state index is 0.0344. The van der Waals surface area contributed by atoms with Crippen LogP contribution in [0.1, 0.15) is 48.5 Å². The summed E-state index contributed by atoms with van der Waals surface area (Å²) in [7, 11) is 9.00. The fourth-order valence-electron chi connectivity index (χ4n) is 7.81. The summed E-state index contributed by atoms with van der Waals surface area (Å²) in [5.41, 5.74) is 3.99. The quantitative estimate of drug-likeness (QED) is 0.0247. The van der Waals surface area contributed by atoms with Gasteiger partial charge in [0.1, 0.15) is 34.5 Å². The van der Waals surface area contributed by atoms with Crippen LogP contribution in [0.4, 0.5) is 0 Å². The first-order valence-corrected chi connectivity index (χ1v) is 23.5. The lowest BCUT2D eigenvalue weighted by molar-refractivity contribution is -0.144. The zero-order valence-electron chi connectivity index (χ0n) is 40.1. The number of carboxylic acid groups (broad SMARTS) is 4. The normalized spacial score (nSPS) is 11.1. The number of carbonyl (C=O) groups excluding carboxylic acids is 1. The van der Waals surface area contributed by atoms with Gasteiger partial charge in [0, 0.05) is 57.0 Å². The van der Waals surface area contributed by atoms with E-state index in [0.29, 0.717) is 103 Å². The molecular formula is C48H61IN6O15. The van der Waals surface area contributed by atoms with Crippen LogP contribution in [-0.2, 0) is 50.2 Å². The summed E-state index contributed by atoms with van der Waals surface area (Å²) in [6.07, 6.45) is 3.10. The lowest BCUT2D eigenvalue weighted by atomic mass is 10.0. The van der Waals surface area contributed by atoms with Crippen LogP contribution in [0.25, 0.3) is 22.3 Å². The molecule has 0 fully saturated rings. The van der Waals surface area contributed by atoms with Crippen molar-refractivity contribution in [3.8, 4) is 56.8 Å². The molecule has 0 aliphatic heterocycles. The number of carbonyl (C=O) groups is 5. The van der Waals surface area contributed by atoms with E-state index in [0.717, 1.165) is 19.3 Å². The van der Waals surface area contributed by atoms with E-state index < -0.39 is 50.1 Å². The number of methoxy groups -OCH3 is 6. The van der Waals surface area contributed by atoms with E-state index in [1.54, 1.807) is 36.4 Å². The summed E-state index contributed by atoms with van der Waals surface area (Å²) in [6.45, 7) is -1.14. The number of amides is 1. The van der Waals surface area contributed by atoms with Gasteiger partial charge in [-0.1, -0.05) is 35.4 Å². The Kier molecular flexibility index (Phi) is 22.6. The number of pyridine rings is 2. The molecule has 0 unspecified atom stereocenters. The lowest BCUT2D eigenvalue weighted by Gasteiger charge is -2.25. The summed E-state index contributed by atoms with van der Waals surface area (Å²) in [5, 5.41) is 41.7. The zero-order chi connectivity index (χ0) is 51.3. The van der Waals surface area contributed by atoms with Gasteiger partial charge in [-0.3, -0.25) is 48.6 Å². The Bertz CT molecular complexity index is 2210. The Morgan fingerprint density at radius 2 is 0.814 bits per heavy atom. The number of carboxylic acids is 4. The highest BCUT2D eigenvalue weighted by molar-refractivity contribution is 14.1. The van der Waals surface area contributed by atoms with E-state index >= 15 is 0 Å². The maximum Gasteiger partial charge on any atom is 0.317 e. The Morgan fingerprint density at radius 1 is 0.486 bits per heavy atom. The van der Waals surface area contributed by atoms with Gasteiger partial charge >= 0.3 is 23.9 Å². The van der Waals surface area contributed by atoms with Crippen LogP contribution in [0.2, 0.25) is 0 Å². The molecule has 0 aliphatic rings. The molecule has 0 aliphatic carbocycles. The first-order valence-electron chi connectivity index (χ1n) is 22.0. The summed E-state index contributed by atoms with van der Waals surface area (Å²) in [5.74, 6) is -2.38. The number of nitrogens with one attached hydrogen (secondary N) is 1. The Labute approximate surface area is 419 Å². The molecule has 0 saturated heterocycles. The maximum absolute atomic E-state index is 11.9. The van der Waals surface area contributed by atoms with E-state index in [1.165, 1.54) is 52.5 Å². The summed E-state index contributed by atoms with van der Waals surface area (Å²) in [4.78, 5) is 74.0. The number of unbranched alkanes of at least 4 members (excludes halogenated alkanes) is 3. The third kappa shape index (κ3) is 17.5. The molecule has 2 heterocycles. The number of alkyl halides is 1. The standard InChI is InChI=1S/C48H61IN6O15/c1-65-36-17-38(67-3)47(39(18-36)68-4)30-13-32(51-34(15-30)24-54(26-43(57)58)27-44(59)60)22-53(12-10-8-7-9-11-50-42(56)21-49)23-33-14-31(48-40(69-5)19-37(66-2)20-41(48)70-6)16-35(52-33)25-55(28-45(61)62)29-46(63)64/h13-20H,7-12,21-29H2,1-6H3,(H,50,56)(H,57,58)(H,59,60)(H,61,62)(H,63,64). The van der Waals surface area contributed by atoms with Crippen LogP contribution in [-0.4, -0.2) is 161 Å². The van der Waals surface area contributed by atoms with Gasteiger partial charge in [0.25, 0.3) is 0 Å². The number of nitrogens with zero attached hydrogens (tertiary/aromatic N) is 5. The van der Waals surface area contributed by atoms with Crippen molar-refractivity contribution in [2.75, 3.05) is 86.4 Å². The monoisotopic (exact) mass is 1090 g/mol. The molecule has 1 amide bonds. The smallest absolute Gasteiger partial charge is 0.317 e. The minimum Gasteiger partial charge on any atom is -0.496 e. The number of ether oxygens (including phenoxy) is 6. The molecule has 5 N–H and O–H groups in total. The average molecular weight is 1090 g/mol. The fraction of sp³-hybridized carbons (Fsp3) is 0.438. The van der Waals surface area contributed by atoms with Gasteiger partial charge in [-0.15, -0.1) is 0 Å². The number of aromatic nitrogens is 2. The Hall–Kier alpha value is -6.50. The van der Waals surface area contributed by atoms with Crippen LogP contribution in [0, 0.1) is 0 Å². The Balaban J connectivity index is 1.92. The lowest BCUT2D eigenvalue weighted by Crippen LogP contribution is -2.34. The van der Waals surface area contributed by atoms with Gasteiger partial charge in [0.2, 0.25) is 5.91 Å². The first kappa shape index (κ1) is 56.1. The van der Waals surface area contributed by atoms with Crippen molar-refractivity contribution in [2.24, 2.45) is 0 Å². The van der Waals surface area contributed by atoms with Crippen molar-refractivity contribution in [1.29, 1.82) is 0 Å².